The number of carbonyl (C=O) groups excluding carboxylic acids is 2. The summed E-state index contributed by atoms with van der Waals surface area (Å²) in [4.78, 5) is 23.4. The summed E-state index contributed by atoms with van der Waals surface area (Å²) in [6.07, 6.45) is 3.03. The Morgan fingerprint density at radius 2 is 1.69 bits per heavy atom. The zero-order valence-corrected chi connectivity index (χ0v) is 15.2. The molecule has 0 saturated heterocycles. The summed E-state index contributed by atoms with van der Waals surface area (Å²) in [5.41, 5.74) is 3.49. The summed E-state index contributed by atoms with van der Waals surface area (Å²) in [7, 11) is 0. The Bertz CT molecular complexity index is 774. The number of nitrogens with one attached hydrogen (secondary N) is 1. The summed E-state index contributed by atoms with van der Waals surface area (Å²) in [6.45, 7) is 5.94. The minimum atomic E-state index is -0.381. The molecule has 0 atom stereocenters. The molecule has 0 radical (unpaired) electrons. The molecule has 0 bridgehead atoms. The van der Waals surface area contributed by atoms with Crippen LogP contribution in [0.4, 0.5) is 5.69 Å². The highest BCUT2D eigenvalue weighted by Gasteiger charge is 2.07. The van der Waals surface area contributed by atoms with E-state index in [-0.39, 0.29) is 18.5 Å². The SMILES string of the molecule is CCOC(=O)/C=C/c1ccc(NC(=O)COc2c(C)cccc2C)cc1. The summed E-state index contributed by atoms with van der Waals surface area (Å²) >= 11 is 0. The second-order valence-electron chi connectivity index (χ2n) is 5.77. The molecular formula is C21H23NO4. The van der Waals surface area contributed by atoms with Crippen molar-refractivity contribution in [2.75, 3.05) is 18.5 Å². The van der Waals surface area contributed by atoms with Crippen molar-refractivity contribution in [3.05, 3.63) is 65.2 Å². The van der Waals surface area contributed by atoms with Crippen molar-refractivity contribution in [1.82, 2.24) is 0 Å². The van der Waals surface area contributed by atoms with Crippen LogP contribution in [0.25, 0.3) is 6.08 Å². The Morgan fingerprint density at radius 3 is 2.31 bits per heavy atom. The number of anilines is 1. The van der Waals surface area contributed by atoms with Crippen molar-refractivity contribution in [1.29, 1.82) is 0 Å². The summed E-state index contributed by atoms with van der Waals surface area (Å²) in [5.74, 6) is 0.123. The van der Waals surface area contributed by atoms with E-state index in [1.165, 1.54) is 6.08 Å². The van der Waals surface area contributed by atoms with E-state index in [2.05, 4.69) is 5.32 Å². The van der Waals surface area contributed by atoms with Crippen LogP contribution in [0.5, 0.6) is 5.75 Å². The number of hydrogen-bond donors (Lipinski definition) is 1. The molecule has 0 aliphatic carbocycles. The maximum atomic E-state index is 12.1. The van der Waals surface area contributed by atoms with Crippen LogP contribution in [0.3, 0.4) is 0 Å². The van der Waals surface area contributed by atoms with Gasteiger partial charge in [0, 0.05) is 11.8 Å². The molecule has 2 aromatic carbocycles. The lowest BCUT2D eigenvalue weighted by molar-refractivity contribution is -0.137. The minimum Gasteiger partial charge on any atom is -0.483 e. The number of para-hydroxylation sites is 1. The van der Waals surface area contributed by atoms with Gasteiger partial charge in [-0.2, -0.15) is 0 Å². The Kier molecular flexibility index (Phi) is 6.97. The highest BCUT2D eigenvalue weighted by molar-refractivity contribution is 5.92. The van der Waals surface area contributed by atoms with Crippen molar-refractivity contribution in [2.45, 2.75) is 20.8 Å². The molecule has 0 saturated carbocycles. The van der Waals surface area contributed by atoms with Crippen LogP contribution in [0, 0.1) is 13.8 Å². The van der Waals surface area contributed by atoms with E-state index >= 15 is 0 Å². The second-order valence-corrected chi connectivity index (χ2v) is 5.77. The molecule has 0 heterocycles. The zero-order chi connectivity index (χ0) is 18.9. The standard InChI is InChI=1S/C21H23NO4/c1-4-25-20(24)13-10-17-8-11-18(12-9-17)22-19(23)14-26-21-15(2)6-5-7-16(21)3/h5-13H,4,14H2,1-3H3,(H,22,23)/b13-10+. The Labute approximate surface area is 153 Å². The van der Waals surface area contributed by atoms with Crippen LogP contribution in [-0.2, 0) is 14.3 Å². The van der Waals surface area contributed by atoms with Gasteiger partial charge >= 0.3 is 5.97 Å². The summed E-state index contributed by atoms with van der Waals surface area (Å²) in [5, 5.41) is 2.78. The van der Waals surface area contributed by atoms with Crippen molar-refractivity contribution >= 4 is 23.6 Å². The van der Waals surface area contributed by atoms with E-state index in [0.29, 0.717) is 12.3 Å². The summed E-state index contributed by atoms with van der Waals surface area (Å²) in [6, 6.07) is 13.0. The number of hydrogen-bond acceptors (Lipinski definition) is 4. The van der Waals surface area contributed by atoms with Crippen molar-refractivity contribution < 1.29 is 19.1 Å². The van der Waals surface area contributed by atoms with Crippen molar-refractivity contribution in [3.8, 4) is 5.75 Å². The maximum absolute atomic E-state index is 12.1. The normalized spacial score (nSPS) is 10.6. The average molecular weight is 353 g/mol. The van der Waals surface area contributed by atoms with Crippen LogP contribution in [-0.4, -0.2) is 25.1 Å². The van der Waals surface area contributed by atoms with Gasteiger partial charge in [-0.25, -0.2) is 4.79 Å². The fourth-order valence-corrected chi connectivity index (χ4v) is 2.39. The molecule has 0 fully saturated rings. The van der Waals surface area contributed by atoms with Gasteiger partial charge in [0.25, 0.3) is 5.91 Å². The zero-order valence-electron chi connectivity index (χ0n) is 15.2. The first-order valence-corrected chi connectivity index (χ1v) is 8.43. The molecule has 0 aliphatic rings. The van der Waals surface area contributed by atoms with Gasteiger partial charge in [0.15, 0.2) is 6.61 Å². The average Bonchev–Trinajstić information content (AvgIpc) is 2.61. The molecule has 5 nitrogen and oxygen atoms in total. The number of rotatable bonds is 7. The Morgan fingerprint density at radius 1 is 1.04 bits per heavy atom. The quantitative estimate of drug-likeness (QED) is 0.606. The van der Waals surface area contributed by atoms with E-state index < -0.39 is 0 Å². The highest BCUT2D eigenvalue weighted by atomic mass is 16.5. The van der Waals surface area contributed by atoms with E-state index in [4.69, 9.17) is 9.47 Å². The number of benzene rings is 2. The van der Waals surface area contributed by atoms with E-state index in [1.807, 2.05) is 32.0 Å². The first-order valence-electron chi connectivity index (χ1n) is 8.43. The number of amides is 1. The molecule has 1 amide bonds. The molecule has 26 heavy (non-hydrogen) atoms. The lowest BCUT2D eigenvalue weighted by Gasteiger charge is -2.12. The second kappa shape index (κ2) is 9.42. The molecule has 2 rings (SSSR count). The molecule has 5 heteroatoms. The molecule has 1 N–H and O–H groups in total. The fraction of sp³-hybridized carbons (Fsp3) is 0.238. The third-order valence-corrected chi connectivity index (χ3v) is 3.65. The molecule has 0 spiro atoms. The van der Waals surface area contributed by atoms with Gasteiger partial charge in [-0.1, -0.05) is 30.3 Å². The number of aryl methyl sites for hydroxylation is 2. The molecule has 0 aromatic heterocycles. The van der Waals surface area contributed by atoms with Gasteiger partial charge in [0.2, 0.25) is 0 Å². The van der Waals surface area contributed by atoms with Gasteiger partial charge in [-0.15, -0.1) is 0 Å². The summed E-state index contributed by atoms with van der Waals surface area (Å²) < 4.78 is 10.5. The van der Waals surface area contributed by atoms with E-state index in [1.54, 1.807) is 37.3 Å². The van der Waals surface area contributed by atoms with Gasteiger partial charge < -0.3 is 14.8 Å². The topological polar surface area (TPSA) is 64.6 Å². The third kappa shape index (κ3) is 5.77. The first-order chi connectivity index (χ1) is 12.5. The van der Waals surface area contributed by atoms with Gasteiger partial charge in [0.1, 0.15) is 5.75 Å². The minimum absolute atomic E-state index is 0.0593. The predicted molar refractivity (Wildman–Crippen MR) is 102 cm³/mol. The molecule has 2 aromatic rings. The van der Waals surface area contributed by atoms with Crippen LogP contribution in [0.1, 0.15) is 23.6 Å². The first kappa shape index (κ1) is 19.2. The lowest BCUT2D eigenvalue weighted by Crippen LogP contribution is -2.20. The molecule has 136 valence electrons. The molecule has 0 aliphatic heterocycles. The molecule has 0 unspecified atom stereocenters. The highest BCUT2D eigenvalue weighted by Crippen LogP contribution is 2.22. The van der Waals surface area contributed by atoms with Crippen molar-refractivity contribution in [2.24, 2.45) is 0 Å². The van der Waals surface area contributed by atoms with E-state index in [9.17, 15) is 9.59 Å². The third-order valence-electron chi connectivity index (χ3n) is 3.65. The molecular weight excluding hydrogens is 330 g/mol. The van der Waals surface area contributed by atoms with Crippen LogP contribution in [0.15, 0.2) is 48.5 Å². The number of esters is 1. The largest absolute Gasteiger partial charge is 0.483 e. The lowest BCUT2D eigenvalue weighted by atomic mass is 10.1. The van der Waals surface area contributed by atoms with Gasteiger partial charge in [0.05, 0.1) is 6.61 Å². The van der Waals surface area contributed by atoms with Crippen LogP contribution >= 0.6 is 0 Å². The maximum Gasteiger partial charge on any atom is 0.330 e. The van der Waals surface area contributed by atoms with Crippen LogP contribution in [0.2, 0.25) is 0 Å². The van der Waals surface area contributed by atoms with Crippen molar-refractivity contribution in [3.63, 3.8) is 0 Å². The number of ether oxygens (including phenoxy) is 2. The predicted octanol–water partition coefficient (Wildman–Crippen LogP) is 3.90. The van der Waals surface area contributed by atoms with Crippen LogP contribution < -0.4 is 10.1 Å². The smallest absolute Gasteiger partial charge is 0.330 e. The fourth-order valence-electron chi connectivity index (χ4n) is 2.39. The van der Waals surface area contributed by atoms with Gasteiger partial charge in [-0.3, -0.25) is 4.79 Å². The Hall–Kier alpha value is -3.08. The monoisotopic (exact) mass is 353 g/mol. The van der Waals surface area contributed by atoms with Gasteiger partial charge in [-0.05, 0) is 55.7 Å². The number of carbonyl (C=O) groups is 2. The van der Waals surface area contributed by atoms with E-state index in [0.717, 1.165) is 22.4 Å². The Balaban J connectivity index is 1.88.